The van der Waals surface area contributed by atoms with Gasteiger partial charge in [0.2, 0.25) is 0 Å². The monoisotopic (exact) mass is 295 g/mol. The van der Waals surface area contributed by atoms with E-state index < -0.39 is 0 Å². The highest BCUT2D eigenvalue weighted by molar-refractivity contribution is 5.66. The van der Waals surface area contributed by atoms with Gasteiger partial charge < -0.3 is 0 Å². The standard InChI is InChI=1S/C19H25N3/c1-17-5-7-18(8-6-17)19-9-15-21(16-10-19)12-2-3-13-22-14-4-11-20-22/h4-9,11,14H,2-3,10,12-13,15-16H2,1H3. The molecule has 0 fully saturated rings. The second-order valence-corrected chi connectivity index (χ2v) is 6.12. The van der Waals surface area contributed by atoms with E-state index in [1.54, 1.807) is 0 Å². The van der Waals surface area contributed by atoms with Crippen molar-refractivity contribution in [3.63, 3.8) is 0 Å². The van der Waals surface area contributed by atoms with Crippen LogP contribution in [0.1, 0.15) is 30.4 Å². The first-order valence-corrected chi connectivity index (χ1v) is 8.27. The van der Waals surface area contributed by atoms with E-state index in [1.807, 2.05) is 23.1 Å². The number of benzene rings is 1. The summed E-state index contributed by atoms with van der Waals surface area (Å²) in [7, 11) is 0. The molecule has 116 valence electrons. The number of nitrogens with zero attached hydrogens (tertiary/aromatic N) is 3. The van der Waals surface area contributed by atoms with E-state index in [1.165, 1.54) is 49.1 Å². The van der Waals surface area contributed by atoms with Gasteiger partial charge in [-0.25, -0.2) is 0 Å². The van der Waals surface area contributed by atoms with Crippen molar-refractivity contribution in [3.8, 4) is 0 Å². The van der Waals surface area contributed by atoms with E-state index in [0.717, 1.165) is 13.1 Å². The molecule has 3 rings (SSSR count). The first kappa shape index (κ1) is 15.0. The van der Waals surface area contributed by atoms with Crippen molar-refractivity contribution < 1.29 is 0 Å². The summed E-state index contributed by atoms with van der Waals surface area (Å²) in [5.41, 5.74) is 4.23. The second kappa shape index (κ2) is 7.41. The minimum atomic E-state index is 1.03. The average molecular weight is 295 g/mol. The van der Waals surface area contributed by atoms with Crippen molar-refractivity contribution >= 4 is 5.57 Å². The highest BCUT2D eigenvalue weighted by atomic mass is 15.3. The van der Waals surface area contributed by atoms with Crippen LogP contribution in [0.3, 0.4) is 0 Å². The Balaban J connectivity index is 1.42. The summed E-state index contributed by atoms with van der Waals surface area (Å²) in [6.45, 7) is 6.64. The summed E-state index contributed by atoms with van der Waals surface area (Å²) < 4.78 is 2.02. The molecule has 0 N–H and O–H groups in total. The largest absolute Gasteiger partial charge is 0.299 e. The fraction of sp³-hybridized carbons (Fsp3) is 0.421. The maximum atomic E-state index is 4.24. The van der Waals surface area contributed by atoms with Gasteiger partial charge in [0.25, 0.3) is 0 Å². The van der Waals surface area contributed by atoms with E-state index in [0.29, 0.717) is 0 Å². The molecule has 3 heteroatoms. The molecule has 0 aliphatic carbocycles. The maximum absolute atomic E-state index is 4.24. The number of aromatic nitrogens is 2. The van der Waals surface area contributed by atoms with Crippen LogP contribution in [-0.4, -0.2) is 34.3 Å². The molecule has 22 heavy (non-hydrogen) atoms. The Morgan fingerprint density at radius 3 is 2.59 bits per heavy atom. The zero-order chi connectivity index (χ0) is 15.2. The highest BCUT2D eigenvalue weighted by Crippen LogP contribution is 2.22. The molecule has 0 spiro atoms. The third-order valence-corrected chi connectivity index (χ3v) is 4.39. The fourth-order valence-electron chi connectivity index (χ4n) is 2.99. The summed E-state index contributed by atoms with van der Waals surface area (Å²) in [5, 5.41) is 4.24. The van der Waals surface area contributed by atoms with Gasteiger partial charge >= 0.3 is 0 Å². The SMILES string of the molecule is Cc1ccc(C2=CCN(CCCCn3cccn3)CC2)cc1. The number of hydrogen-bond acceptors (Lipinski definition) is 2. The van der Waals surface area contributed by atoms with Gasteiger partial charge in [0.15, 0.2) is 0 Å². The Bertz CT molecular complexity index is 596. The van der Waals surface area contributed by atoms with E-state index in [9.17, 15) is 0 Å². The molecule has 0 unspecified atom stereocenters. The summed E-state index contributed by atoms with van der Waals surface area (Å²) in [4.78, 5) is 2.56. The third kappa shape index (κ3) is 4.08. The fourth-order valence-corrected chi connectivity index (χ4v) is 2.99. The molecule has 1 aliphatic rings. The molecule has 0 radical (unpaired) electrons. The van der Waals surface area contributed by atoms with E-state index in [4.69, 9.17) is 0 Å². The van der Waals surface area contributed by atoms with Crippen LogP contribution in [0.4, 0.5) is 0 Å². The molecular formula is C19H25N3. The Morgan fingerprint density at radius 2 is 1.91 bits per heavy atom. The number of hydrogen-bond donors (Lipinski definition) is 0. The third-order valence-electron chi connectivity index (χ3n) is 4.39. The Hall–Kier alpha value is -1.87. The zero-order valence-electron chi connectivity index (χ0n) is 13.4. The summed E-state index contributed by atoms with van der Waals surface area (Å²) in [6, 6.07) is 10.9. The van der Waals surface area contributed by atoms with Crippen LogP contribution in [0.25, 0.3) is 5.57 Å². The van der Waals surface area contributed by atoms with Crippen LogP contribution in [0.5, 0.6) is 0 Å². The van der Waals surface area contributed by atoms with Gasteiger partial charge in [-0.2, -0.15) is 5.10 Å². The van der Waals surface area contributed by atoms with E-state index in [-0.39, 0.29) is 0 Å². The molecule has 0 saturated carbocycles. The first-order valence-electron chi connectivity index (χ1n) is 8.27. The molecule has 0 amide bonds. The van der Waals surface area contributed by atoms with Crippen molar-refractivity contribution in [2.75, 3.05) is 19.6 Å². The van der Waals surface area contributed by atoms with Crippen LogP contribution in [0, 0.1) is 6.92 Å². The van der Waals surface area contributed by atoms with Crippen molar-refractivity contribution in [2.24, 2.45) is 0 Å². The summed E-state index contributed by atoms with van der Waals surface area (Å²) in [6.07, 6.45) is 9.91. The van der Waals surface area contributed by atoms with Gasteiger partial charge in [0.05, 0.1) is 0 Å². The predicted octanol–water partition coefficient (Wildman–Crippen LogP) is 3.76. The topological polar surface area (TPSA) is 21.1 Å². The van der Waals surface area contributed by atoms with Gasteiger partial charge in [0.1, 0.15) is 0 Å². The van der Waals surface area contributed by atoms with Crippen LogP contribution in [0.2, 0.25) is 0 Å². The summed E-state index contributed by atoms with van der Waals surface area (Å²) >= 11 is 0. The van der Waals surface area contributed by atoms with E-state index >= 15 is 0 Å². The van der Waals surface area contributed by atoms with Gasteiger partial charge in [-0.05, 0) is 49.9 Å². The van der Waals surface area contributed by atoms with Crippen molar-refractivity contribution in [1.29, 1.82) is 0 Å². The van der Waals surface area contributed by atoms with Crippen LogP contribution >= 0.6 is 0 Å². The van der Waals surface area contributed by atoms with Crippen LogP contribution < -0.4 is 0 Å². The van der Waals surface area contributed by atoms with Gasteiger partial charge in [-0.15, -0.1) is 0 Å². The van der Waals surface area contributed by atoms with Crippen LogP contribution in [-0.2, 0) is 6.54 Å². The number of aryl methyl sites for hydroxylation is 2. The van der Waals surface area contributed by atoms with Crippen molar-refractivity contribution in [3.05, 3.63) is 59.9 Å². The highest BCUT2D eigenvalue weighted by Gasteiger charge is 2.12. The molecule has 0 atom stereocenters. The Labute approximate surface area is 133 Å². The molecule has 1 aromatic heterocycles. The smallest absolute Gasteiger partial charge is 0.0489 e. The lowest BCUT2D eigenvalue weighted by Gasteiger charge is -2.26. The van der Waals surface area contributed by atoms with Crippen molar-refractivity contribution in [1.82, 2.24) is 14.7 Å². The second-order valence-electron chi connectivity index (χ2n) is 6.12. The normalized spacial score (nSPS) is 15.8. The lowest BCUT2D eigenvalue weighted by atomic mass is 9.98. The van der Waals surface area contributed by atoms with E-state index in [2.05, 4.69) is 47.3 Å². The Kier molecular flexibility index (Phi) is 5.07. The minimum Gasteiger partial charge on any atom is -0.299 e. The molecule has 2 aromatic rings. The Morgan fingerprint density at radius 1 is 1.09 bits per heavy atom. The molecule has 0 saturated heterocycles. The molecule has 1 aliphatic heterocycles. The predicted molar refractivity (Wildman–Crippen MR) is 91.7 cm³/mol. The zero-order valence-corrected chi connectivity index (χ0v) is 13.4. The average Bonchev–Trinajstić information content (AvgIpc) is 3.06. The van der Waals surface area contributed by atoms with Crippen molar-refractivity contribution in [2.45, 2.75) is 32.7 Å². The molecule has 2 heterocycles. The lowest BCUT2D eigenvalue weighted by Crippen LogP contribution is -2.29. The molecule has 3 nitrogen and oxygen atoms in total. The first-order chi connectivity index (χ1) is 10.8. The summed E-state index contributed by atoms with van der Waals surface area (Å²) in [5.74, 6) is 0. The van der Waals surface area contributed by atoms with Gasteiger partial charge in [-0.3, -0.25) is 9.58 Å². The number of rotatable bonds is 6. The van der Waals surface area contributed by atoms with Crippen LogP contribution in [0.15, 0.2) is 48.8 Å². The lowest BCUT2D eigenvalue weighted by molar-refractivity contribution is 0.291. The molecular weight excluding hydrogens is 270 g/mol. The van der Waals surface area contributed by atoms with Gasteiger partial charge in [0, 0.05) is 32.0 Å². The molecule has 1 aromatic carbocycles. The minimum absolute atomic E-state index is 1.03. The quantitative estimate of drug-likeness (QED) is 0.757. The molecule has 0 bridgehead atoms. The van der Waals surface area contributed by atoms with Gasteiger partial charge in [-0.1, -0.05) is 35.9 Å². The maximum Gasteiger partial charge on any atom is 0.0489 e. The number of unbranched alkanes of at least 4 members (excludes halogenated alkanes) is 1.